The van der Waals surface area contributed by atoms with Crippen molar-refractivity contribution in [1.82, 2.24) is 15.0 Å². The molecule has 3 N–H and O–H groups in total. The molecule has 0 fully saturated rings. The summed E-state index contributed by atoms with van der Waals surface area (Å²) in [7, 11) is 1.52. The number of esters is 1. The zero-order valence-corrected chi connectivity index (χ0v) is 17.7. The number of anilines is 3. The minimum absolute atomic E-state index is 0.0211. The number of nitrogens with zero attached hydrogens (tertiary/aromatic N) is 3. The smallest absolute Gasteiger partial charge is 0.338 e. The summed E-state index contributed by atoms with van der Waals surface area (Å²) in [5.74, 6) is 1.34. The van der Waals surface area contributed by atoms with Crippen LogP contribution >= 0.6 is 0 Å². The molecule has 31 heavy (non-hydrogen) atoms. The number of nitrogen functional groups attached to an aromatic ring is 1. The van der Waals surface area contributed by atoms with Gasteiger partial charge in [0.1, 0.15) is 0 Å². The molecule has 1 aromatic heterocycles. The second-order valence-electron chi connectivity index (χ2n) is 7.07. The van der Waals surface area contributed by atoms with Gasteiger partial charge >= 0.3 is 5.97 Å². The zero-order chi connectivity index (χ0) is 22.2. The highest BCUT2D eigenvalue weighted by Gasteiger charge is 2.14. The van der Waals surface area contributed by atoms with Gasteiger partial charge in [-0.05, 0) is 36.2 Å². The van der Waals surface area contributed by atoms with E-state index in [0.717, 1.165) is 5.69 Å². The lowest BCUT2D eigenvalue weighted by Crippen LogP contribution is -2.11. The number of carbonyl (C=O) groups excluding carboxylic acids is 1. The first-order valence-electron chi connectivity index (χ1n) is 9.75. The van der Waals surface area contributed by atoms with Crippen LogP contribution < -0.4 is 20.5 Å². The van der Waals surface area contributed by atoms with Crippen molar-refractivity contribution in [3.8, 4) is 11.5 Å². The van der Waals surface area contributed by atoms with E-state index in [0.29, 0.717) is 29.6 Å². The van der Waals surface area contributed by atoms with Gasteiger partial charge in [-0.1, -0.05) is 32.0 Å². The number of carbonyl (C=O) groups is 1. The average Bonchev–Trinajstić information content (AvgIpc) is 2.76. The van der Waals surface area contributed by atoms with Crippen LogP contribution in [0.1, 0.15) is 30.0 Å². The molecule has 0 aliphatic heterocycles. The Balaban J connectivity index is 1.66. The lowest BCUT2D eigenvalue weighted by molar-refractivity contribution is 0.0461. The highest BCUT2D eigenvalue weighted by molar-refractivity contribution is 5.90. The van der Waals surface area contributed by atoms with Gasteiger partial charge in [0, 0.05) is 5.69 Å². The summed E-state index contributed by atoms with van der Waals surface area (Å²) in [6, 6.07) is 14.2. The number of aromatic nitrogens is 3. The second-order valence-corrected chi connectivity index (χ2v) is 7.07. The molecule has 0 unspecified atom stereocenters. The molecule has 2 aromatic carbocycles. The number of hydrogen-bond acceptors (Lipinski definition) is 9. The molecule has 0 aliphatic rings. The van der Waals surface area contributed by atoms with E-state index >= 15 is 0 Å². The lowest BCUT2D eigenvalue weighted by Gasteiger charge is -2.13. The number of nitrogens with two attached hydrogens (primary N) is 1. The molecular weight excluding hydrogens is 398 g/mol. The normalized spacial score (nSPS) is 10.6. The third-order valence-corrected chi connectivity index (χ3v) is 4.03. The summed E-state index contributed by atoms with van der Waals surface area (Å²) < 4.78 is 16.4. The molecule has 9 heteroatoms. The maximum Gasteiger partial charge on any atom is 0.338 e. The van der Waals surface area contributed by atoms with E-state index in [1.165, 1.54) is 7.11 Å². The third-order valence-electron chi connectivity index (χ3n) is 4.03. The van der Waals surface area contributed by atoms with Crippen LogP contribution in [0.3, 0.4) is 0 Å². The van der Waals surface area contributed by atoms with Crippen LogP contribution in [0.2, 0.25) is 0 Å². The van der Waals surface area contributed by atoms with Crippen molar-refractivity contribution in [3.63, 3.8) is 0 Å². The molecule has 0 amide bonds. The van der Waals surface area contributed by atoms with Gasteiger partial charge in [-0.25, -0.2) is 4.79 Å². The molecule has 0 bridgehead atoms. The Morgan fingerprint density at radius 3 is 2.55 bits per heavy atom. The van der Waals surface area contributed by atoms with Gasteiger partial charge in [-0.15, -0.1) is 0 Å². The van der Waals surface area contributed by atoms with Crippen molar-refractivity contribution in [2.45, 2.75) is 20.5 Å². The molecular formula is C22H25N5O4. The van der Waals surface area contributed by atoms with Crippen molar-refractivity contribution in [3.05, 3.63) is 59.9 Å². The number of nitrogens with one attached hydrogen (secondary N) is 1. The topological polar surface area (TPSA) is 121 Å². The SMILES string of the molecule is COc1cc(C(=O)OCc2nc(N)nc(Nc3ccccc3)n2)ccc1OCC(C)C. The summed E-state index contributed by atoms with van der Waals surface area (Å²) in [5.41, 5.74) is 6.87. The van der Waals surface area contributed by atoms with Gasteiger partial charge < -0.3 is 25.3 Å². The highest BCUT2D eigenvalue weighted by Crippen LogP contribution is 2.29. The summed E-state index contributed by atoms with van der Waals surface area (Å²) in [4.78, 5) is 24.8. The Labute approximate surface area is 180 Å². The van der Waals surface area contributed by atoms with Crippen LogP contribution in [0.25, 0.3) is 0 Å². The fourth-order valence-corrected chi connectivity index (χ4v) is 2.59. The Morgan fingerprint density at radius 1 is 1.06 bits per heavy atom. The highest BCUT2D eigenvalue weighted by atomic mass is 16.5. The van der Waals surface area contributed by atoms with Crippen LogP contribution in [0.15, 0.2) is 48.5 Å². The van der Waals surface area contributed by atoms with Gasteiger partial charge in [0.15, 0.2) is 23.9 Å². The predicted molar refractivity (Wildman–Crippen MR) is 116 cm³/mol. The monoisotopic (exact) mass is 423 g/mol. The van der Waals surface area contributed by atoms with Crippen LogP contribution in [0.5, 0.6) is 11.5 Å². The van der Waals surface area contributed by atoms with Crippen molar-refractivity contribution in [2.75, 3.05) is 24.8 Å². The average molecular weight is 423 g/mol. The third kappa shape index (κ3) is 6.30. The maximum absolute atomic E-state index is 12.5. The van der Waals surface area contributed by atoms with E-state index in [1.807, 2.05) is 44.2 Å². The number of methoxy groups -OCH3 is 1. The first-order chi connectivity index (χ1) is 14.9. The molecule has 0 aliphatic carbocycles. The summed E-state index contributed by atoms with van der Waals surface area (Å²) in [6.07, 6.45) is 0. The maximum atomic E-state index is 12.5. The van der Waals surface area contributed by atoms with E-state index in [1.54, 1.807) is 18.2 Å². The zero-order valence-electron chi connectivity index (χ0n) is 17.7. The number of rotatable bonds is 9. The Morgan fingerprint density at radius 2 is 1.84 bits per heavy atom. The molecule has 162 valence electrons. The molecule has 3 aromatic rings. The van der Waals surface area contributed by atoms with E-state index in [2.05, 4.69) is 20.3 Å². The van der Waals surface area contributed by atoms with Crippen LogP contribution in [-0.2, 0) is 11.3 Å². The van der Waals surface area contributed by atoms with E-state index < -0.39 is 5.97 Å². The van der Waals surface area contributed by atoms with Crippen LogP contribution in [-0.4, -0.2) is 34.6 Å². The lowest BCUT2D eigenvalue weighted by atomic mass is 10.2. The number of ether oxygens (including phenoxy) is 3. The van der Waals surface area contributed by atoms with E-state index in [-0.39, 0.29) is 24.3 Å². The Bertz CT molecular complexity index is 1030. The molecule has 0 saturated carbocycles. The summed E-state index contributed by atoms with van der Waals surface area (Å²) in [6.45, 7) is 4.48. The quantitative estimate of drug-likeness (QED) is 0.497. The standard InChI is InChI=1S/C22H25N5O4/c1-14(2)12-30-17-10-9-15(11-18(17)29-3)20(28)31-13-19-25-21(23)27-22(26-19)24-16-7-5-4-6-8-16/h4-11,14H,12-13H2,1-3H3,(H3,23,24,25,26,27). The van der Waals surface area contributed by atoms with E-state index in [4.69, 9.17) is 19.9 Å². The van der Waals surface area contributed by atoms with Crippen LogP contribution in [0, 0.1) is 5.92 Å². The first kappa shape index (κ1) is 21.8. The van der Waals surface area contributed by atoms with Crippen molar-refractivity contribution in [1.29, 1.82) is 0 Å². The second kappa shape index (κ2) is 10.2. The van der Waals surface area contributed by atoms with Gasteiger partial charge in [0.05, 0.1) is 19.3 Å². The van der Waals surface area contributed by atoms with Gasteiger partial charge in [0.2, 0.25) is 11.9 Å². The minimum atomic E-state index is -0.551. The molecule has 0 atom stereocenters. The molecule has 0 saturated heterocycles. The molecule has 1 heterocycles. The van der Waals surface area contributed by atoms with Crippen molar-refractivity contribution >= 4 is 23.6 Å². The molecule has 3 rings (SSSR count). The van der Waals surface area contributed by atoms with Gasteiger partial charge in [0.25, 0.3) is 0 Å². The van der Waals surface area contributed by atoms with E-state index in [9.17, 15) is 4.79 Å². The summed E-state index contributed by atoms with van der Waals surface area (Å²) in [5, 5.41) is 3.03. The fourth-order valence-electron chi connectivity index (χ4n) is 2.59. The number of benzene rings is 2. The minimum Gasteiger partial charge on any atom is -0.493 e. The van der Waals surface area contributed by atoms with Gasteiger partial charge in [-0.2, -0.15) is 15.0 Å². The largest absolute Gasteiger partial charge is 0.493 e. The predicted octanol–water partition coefficient (Wildman–Crippen LogP) is 3.60. The summed E-state index contributed by atoms with van der Waals surface area (Å²) >= 11 is 0. The number of para-hydroxylation sites is 1. The van der Waals surface area contributed by atoms with Gasteiger partial charge in [-0.3, -0.25) is 0 Å². The molecule has 0 radical (unpaired) electrons. The Kier molecular flexibility index (Phi) is 7.21. The first-order valence-corrected chi connectivity index (χ1v) is 9.75. The molecule has 0 spiro atoms. The number of hydrogen-bond donors (Lipinski definition) is 2. The van der Waals surface area contributed by atoms with Crippen molar-refractivity contribution in [2.24, 2.45) is 5.92 Å². The van der Waals surface area contributed by atoms with Crippen LogP contribution in [0.4, 0.5) is 17.6 Å². The van der Waals surface area contributed by atoms with Crippen molar-refractivity contribution < 1.29 is 19.0 Å². The molecule has 9 nitrogen and oxygen atoms in total. The fraction of sp³-hybridized carbons (Fsp3) is 0.273. The Hall–Kier alpha value is -3.88.